The summed E-state index contributed by atoms with van der Waals surface area (Å²) in [4.78, 5) is 9.85. The molecular weight excluding hydrogens is 266 g/mol. The number of rotatable bonds is 3. The first kappa shape index (κ1) is 14.7. The molecule has 0 radical (unpaired) electrons. The van der Waals surface area contributed by atoms with Gasteiger partial charge in [0, 0.05) is 18.2 Å². The van der Waals surface area contributed by atoms with Gasteiger partial charge >= 0.3 is 5.69 Å². The normalized spacial score (nSPS) is 23.1. The van der Waals surface area contributed by atoms with E-state index >= 15 is 0 Å². The maximum absolute atomic E-state index is 13.7. The average Bonchev–Trinajstić information content (AvgIpc) is 2.57. The summed E-state index contributed by atoms with van der Waals surface area (Å²) in [5, 5.41) is 13.7. The molecule has 2 unspecified atom stereocenters. The van der Waals surface area contributed by atoms with E-state index in [4.69, 9.17) is 0 Å². The van der Waals surface area contributed by atoms with Crippen LogP contribution in [0, 0.1) is 27.7 Å². The van der Waals surface area contributed by atoms with Gasteiger partial charge in [-0.25, -0.2) is 4.39 Å². The van der Waals surface area contributed by atoms with E-state index in [2.05, 4.69) is 12.2 Å². The molecule has 0 bridgehead atoms. The third kappa shape index (κ3) is 3.43. The van der Waals surface area contributed by atoms with Crippen LogP contribution < -0.4 is 5.32 Å². The topological polar surface area (TPSA) is 55.2 Å². The molecular formula is C14H18F2N2O2. The van der Waals surface area contributed by atoms with Crippen molar-refractivity contribution >= 4 is 11.4 Å². The molecule has 0 aromatic heterocycles. The zero-order chi connectivity index (χ0) is 14.7. The molecule has 20 heavy (non-hydrogen) atoms. The highest BCUT2D eigenvalue weighted by Gasteiger charge is 2.21. The van der Waals surface area contributed by atoms with E-state index in [0.717, 1.165) is 38.2 Å². The Bertz CT molecular complexity index is 508. The molecule has 0 amide bonds. The number of nitro benzene ring substituents is 1. The first-order valence-electron chi connectivity index (χ1n) is 6.87. The van der Waals surface area contributed by atoms with Crippen molar-refractivity contribution in [1.82, 2.24) is 0 Å². The Labute approximate surface area is 116 Å². The third-order valence-electron chi connectivity index (χ3n) is 3.85. The largest absolute Gasteiger partial charge is 0.380 e. The predicted octanol–water partition coefficient (Wildman–Crippen LogP) is 4.25. The molecule has 1 aliphatic rings. The fourth-order valence-electron chi connectivity index (χ4n) is 2.64. The highest BCUT2D eigenvalue weighted by Crippen LogP contribution is 2.29. The average molecular weight is 284 g/mol. The second-order valence-electron chi connectivity index (χ2n) is 5.50. The molecule has 0 heterocycles. The summed E-state index contributed by atoms with van der Waals surface area (Å²) in [7, 11) is 0. The Kier molecular flexibility index (Phi) is 4.52. The molecule has 2 atom stereocenters. The van der Waals surface area contributed by atoms with Crippen LogP contribution in [-0.4, -0.2) is 11.0 Å². The van der Waals surface area contributed by atoms with Crippen LogP contribution in [0.5, 0.6) is 0 Å². The molecule has 1 saturated carbocycles. The second kappa shape index (κ2) is 6.15. The van der Waals surface area contributed by atoms with Crippen molar-refractivity contribution in [3.63, 3.8) is 0 Å². The van der Waals surface area contributed by atoms with Gasteiger partial charge in [-0.15, -0.1) is 0 Å². The molecule has 0 spiro atoms. The van der Waals surface area contributed by atoms with E-state index in [0.29, 0.717) is 12.0 Å². The fourth-order valence-corrected chi connectivity index (χ4v) is 2.64. The summed E-state index contributed by atoms with van der Waals surface area (Å²) in [5.74, 6) is -1.29. The Hall–Kier alpha value is -1.72. The van der Waals surface area contributed by atoms with Crippen molar-refractivity contribution in [2.45, 2.75) is 45.1 Å². The summed E-state index contributed by atoms with van der Waals surface area (Å²) in [5.41, 5.74) is -0.687. The van der Waals surface area contributed by atoms with E-state index in [9.17, 15) is 18.9 Å². The van der Waals surface area contributed by atoms with Crippen LogP contribution >= 0.6 is 0 Å². The van der Waals surface area contributed by atoms with Gasteiger partial charge in [0.1, 0.15) is 5.82 Å². The molecule has 0 aliphatic heterocycles. The number of anilines is 1. The zero-order valence-electron chi connectivity index (χ0n) is 11.4. The minimum atomic E-state index is -1.15. The monoisotopic (exact) mass is 284 g/mol. The second-order valence-corrected chi connectivity index (χ2v) is 5.50. The SMILES string of the molecule is CC1CCCC(Nc2cc([N+](=O)[O-])c(F)cc2F)CC1. The van der Waals surface area contributed by atoms with Gasteiger partial charge in [-0.1, -0.05) is 19.8 Å². The van der Waals surface area contributed by atoms with E-state index in [1.165, 1.54) is 0 Å². The molecule has 6 heteroatoms. The summed E-state index contributed by atoms with van der Waals surface area (Å²) >= 11 is 0. The maximum atomic E-state index is 13.7. The lowest BCUT2D eigenvalue weighted by Crippen LogP contribution is -2.19. The van der Waals surface area contributed by atoms with Gasteiger partial charge in [0.2, 0.25) is 5.82 Å². The fraction of sp³-hybridized carbons (Fsp3) is 0.571. The van der Waals surface area contributed by atoms with Crippen LogP contribution in [0.25, 0.3) is 0 Å². The molecule has 1 N–H and O–H groups in total. The van der Waals surface area contributed by atoms with Crippen LogP contribution in [0.2, 0.25) is 0 Å². The predicted molar refractivity (Wildman–Crippen MR) is 72.7 cm³/mol. The number of nitrogens with zero attached hydrogens (tertiary/aromatic N) is 1. The van der Waals surface area contributed by atoms with Gasteiger partial charge in [-0.2, -0.15) is 4.39 Å². The molecule has 2 rings (SSSR count). The van der Waals surface area contributed by atoms with Crippen LogP contribution in [-0.2, 0) is 0 Å². The Morgan fingerprint density at radius 1 is 1.20 bits per heavy atom. The van der Waals surface area contributed by atoms with Crippen LogP contribution in [0.1, 0.15) is 39.0 Å². The third-order valence-corrected chi connectivity index (χ3v) is 3.85. The van der Waals surface area contributed by atoms with Gasteiger partial charge in [0.15, 0.2) is 0 Å². The number of nitro groups is 1. The van der Waals surface area contributed by atoms with Crippen molar-refractivity contribution in [3.8, 4) is 0 Å². The van der Waals surface area contributed by atoms with Crippen molar-refractivity contribution < 1.29 is 13.7 Å². The summed E-state index contributed by atoms with van der Waals surface area (Å²) in [6.07, 6.45) is 5.03. The molecule has 1 fully saturated rings. The number of halogens is 2. The molecule has 110 valence electrons. The van der Waals surface area contributed by atoms with Crippen LogP contribution in [0.4, 0.5) is 20.2 Å². The van der Waals surface area contributed by atoms with Crippen LogP contribution in [0.15, 0.2) is 12.1 Å². The van der Waals surface area contributed by atoms with E-state index in [1.54, 1.807) is 0 Å². The maximum Gasteiger partial charge on any atom is 0.307 e. The van der Waals surface area contributed by atoms with E-state index in [1.807, 2.05) is 0 Å². The van der Waals surface area contributed by atoms with Gasteiger partial charge in [-0.05, 0) is 25.2 Å². The minimum absolute atomic E-state index is 0.0117. The van der Waals surface area contributed by atoms with Crippen molar-refractivity contribution in [1.29, 1.82) is 0 Å². The Morgan fingerprint density at radius 3 is 2.65 bits per heavy atom. The van der Waals surface area contributed by atoms with Gasteiger partial charge in [0.05, 0.1) is 10.6 Å². The van der Waals surface area contributed by atoms with Gasteiger partial charge < -0.3 is 5.32 Å². The van der Waals surface area contributed by atoms with Crippen molar-refractivity contribution in [2.24, 2.45) is 5.92 Å². The Balaban J connectivity index is 2.16. The van der Waals surface area contributed by atoms with Gasteiger partial charge in [-0.3, -0.25) is 10.1 Å². The van der Waals surface area contributed by atoms with Gasteiger partial charge in [0.25, 0.3) is 0 Å². The molecule has 4 nitrogen and oxygen atoms in total. The summed E-state index contributed by atoms with van der Waals surface area (Å²) in [6.45, 7) is 2.19. The lowest BCUT2D eigenvalue weighted by atomic mass is 10.0. The first-order valence-corrected chi connectivity index (χ1v) is 6.87. The van der Waals surface area contributed by atoms with E-state index in [-0.39, 0.29) is 11.7 Å². The first-order chi connectivity index (χ1) is 9.47. The molecule has 1 aromatic rings. The van der Waals surface area contributed by atoms with Crippen LogP contribution in [0.3, 0.4) is 0 Å². The smallest absolute Gasteiger partial charge is 0.307 e. The van der Waals surface area contributed by atoms with E-state index < -0.39 is 22.2 Å². The lowest BCUT2D eigenvalue weighted by molar-refractivity contribution is -0.387. The summed E-state index contributed by atoms with van der Waals surface area (Å²) in [6, 6.07) is 1.60. The number of hydrogen-bond donors (Lipinski definition) is 1. The zero-order valence-corrected chi connectivity index (χ0v) is 11.4. The molecule has 1 aromatic carbocycles. The Morgan fingerprint density at radius 2 is 1.95 bits per heavy atom. The van der Waals surface area contributed by atoms with Crippen molar-refractivity contribution in [2.75, 3.05) is 5.32 Å². The highest BCUT2D eigenvalue weighted by atomic mass is 19.1. The minimum Gasteiger partial charge on any atom is -0.380 e. The number of hydrogen-bond acceptors (Lipinski definition) is 3. The standard InChI is InChI=1S/C14H18F2N2O2/c1-9-3-2-4-10(6-5-9)17-13-8-14(18(19)20)12(16)7-11(13)15/h7-10,17H,2-6H2,1H3. The summed E-state index contributed by atoms with van der Waals surface area (Å²) < 4.78 is 27.0. The number of benzene rings is 1. The lowest BCUT2D eigenvalue weighted by Gasteiger charge is -2.18. The molecule has 0 saturated heterocycles. The van der Waals surface area contributed by atoms with Crippen molar-refractivity contribution in [3.05, 3.63) is 33.9 Å². The number of nitrogens with one attached hydrogen (secondary N) is 1. The molecule has 1 aliphatic carbocycles. The highest BCUT2D eigenvalue weighted by molar-refractivity contribution is 5.53. The quantitative estimate of drug-likeness (QED) is 0.512.